The number of rotatable bonds is 2. The first-order valence-corrected chi connectivity index (χ1v) is 7.06. The minimum absolute atomic E-state index is 0.122. The molecule has 0 saturated heterocycles. The molecule has 0 unspecified atom stereocenters. The van der Waals surface area contributed by atoms with Crippen molar-refractivity contribution in [2.24, 2.45) is 0 Å². The molecule has 0 spiro atoms. The number of thiol groups is 1. The first-order valence-electron chi connectivity index (χ1n) is 6.61. The van der Waals surface area contributed by atoms with E-state index in [9.17, 15) is 4.79 Å². The monoisotopic (exact) mass is 264 g/mol. The molecule has 2 N–H and O–H groups in total. The molecular weight excluding hydrogens is 244 g/mol. The molecule has 4 heteroatoms. The smallest absolute Gasteiger partial charge is 0.319 e. The second-order valence-corrected chi connectivity index (χ2v) is 5.29. The van der Waals surface area contributed by atoms with Gasteiger partial charge < -0.3 is 10.6 Å². The zero-order chi connectivity index (χ0) is 12.8. The van der Waals surface area contributed by atoms with E-state index in [1.165, 1.54) is 25.7 Å². The lowest BCUT2D eigenvalue weighted by Crippen LogP contribution is -2.37. The summed E-state index contributed by atoms with van der Waals surface area (Å²) in [4.78, 5) is 12.7. The first kappa shape index (κ1) is 13.3. The molecule has 0 radical (unpaired) electrons. The van der Waals surface area contributed by atoms with E-state index >= 15 is 0 Å². The van der Waals surface area contributed by atoms with Crippen molar-refractivity contribution in [3.8, 4) is 0 Å². The summed E-state index contributed by atoms with van der Waals surface area (Å²) < 4.78 is 0. The third-order valence-electron chi connectivity index (χ3n) is 3.34. The van der Waals surface area contributed by atoms with E-state index in [0.29, 0.717) is 6.04 Å². The quantitative estimate of drug-likeness (QED) is 0.551. The van der Waals surface area contributed by atoms with Crippen LogP contribution in [0.3, 0.4) is 0 Å². The maximum absolute atomic E-state index is 11.9. The summed E-state index contributed by atoms with van der Waals surface area (Å²) in [6.45, 7) is 0. The molecule has 1 saturated carbocycles. The largest absolute Gasteiger partial charge is 0.335 e. The predicted octanol–water partition coefficient (Wildman–Crippen LogP) is 3.82. The Labute approximate surface area is 114 Å². The Bertz CT molecular complexity index is 401. The fourth-order valence-electron chi connectivity index (χ4n) is 2.35. The lowest BCUT2D eigenvalue weighted by Gasteiger charge is -2.17. The summed E-state index contributed by atoms with van der Waals surface area (Å²) in [5.74, 6) is 0. The van der Waals surface area contributed by atoms with Gasteiger partial charge in [-0.25, -0.2) is 4.79 Å². The minimum Gasteiger partial charge on any atom is -0.335 e. The van der Waals surface area contributed by atoms with Crippen molar-refractivity contribution in [2.75, 3.05) is 5.32 Å². The Kier molecular flexibility index (Phi) is 4.93. The highest BCUT2D eigenvalue weighted by Gasteiger charge is 2.14. The van der Waals surface area contributed by atoms with E-state index in [2.05, 4.69) is 23.3 Å². The average Bonchev–Trinajstić information content (AvgIpc) is 2.61. The van der Waals surface area contributed by atoms with Crippen molar-refractivity contribution in [1.29, 1.82) is 0 Å². The molecule has 0 atom stereocenters. The van der Waals surface area contributed by atoms with Gasteiger partial charge in [0.25, 0.3) is 0 Å². The van der Waals surface area contributed by atoms with Gasteiger partial charge in [0.2, 0.25) is 0 Å². The van der Waals surface area contributed by atoms with Crippen LogP contribution in [-0.4, -0.2) is 12.1 Å². The minimum atomic E-state index is -0.122. The summed E-state index contributed by atoms with van der Waals surface area (Å²) in [7, 11) is 0. The maximum atomic E-state index is 11.9. The van der Waals surface area contributed by atoms with Crippen molar-refractivity contribution >= 4 is 24.3 Å². The van der Waals surface area contributed by atoms with Crippen LogP contribution in [0.2, 0.25) is 0 Å². The molecule has 1 aliphatic rings. The van der Waals surface area contributed by atoms with Crippen LogP contribution in [0.5, 0.6) is 0 Å². The SMILES string of the molecule is O=C(Nc1ccccc1S)NC1CCCCCC1. The molecule has 0 bridgehead atoms. The summed E-state index contributed by atoms with van der Waals surface area (Å²) in [5, 5.41) is 5.90. The molecule has 1 aromatic carbocycles. The number of hydrogen-bond donors (Lipinski definition) is 3. The van der Waals surface area contributed by atoms with Crippen LogP contribution in [0, 0.1) is 0 Å². The number of carbonyl (C=O) groups excluding carboxylic acids is 1. The zero-order valence-corrected chi connectivity index (χ0v) is 11.4. The number of para-hydroxylation sites is 1. The Morgan fingerprint density at radius 2 is 1.78 bits per heavy atom. The number of amides is 2. The molecule has 2 rings (SSSR count). The third kappa shape index (κ3) is 3.95. The fourth-order valence-corrected chi connectivity index (χ4v) is 2.56. The Hall–Kier alpha value is -1.16. The summed E-state index contributed by atoms with van der Waals surface area (Å²) in [6, 6.07) is 7.71. The maximum Gasteiger partial charge on any atom is 0.319 e. The van der Waals surface area contributed by atoms with Gasteiger partial charge in [0.05, 0.1) is 5.69 Å². The lowest BCUT2D eigenvalue weighted by atomic mass is 10.1. The van der Waals surface area contributed by atoms with Crippen molar-refractivity contribution in [1.82, 2.24) is 5.32 Å². The molecule has 1 fully saturated rings. The zero-order valence-electron chi connectivity index (χ0n) is 10.5. The van der Waals surface area contributed by atoms with Crippen molar-refractivity contribution in [2.45, 2.75) is 49.5 Å². The van der Waals surface area contributed by atoms with E-state index < -0.39 is 0 Å². The van der Waals surface area contributed by atoms with E-state index in [0.717, 1.165) is 23.4 Å². The first-order chi connectivity index (χ1) is 8.75. The highest BCUT2D eigenvalue weighted by Crippen LogP contribution is 2.19. The molecule has 3 nitrogen and oxygen atoms in total. The van der Waals surface area contributed by atoms with Crippen LogP contribution in [-0.2, 0) is 0 Å². The second-order valence-electron chi connectivity index (χ2n) is 4.80. The Balaban J connectivity index is 1.86. The van der Waals surface area contributed by atoms with Gasteiger partial charge in [0, 0.05) is 10.9 Å². The summed E-state index contributed by atoms with van der Waals surface area (Å²) in [6.07, 6.45) is 7.20. The number of nitrogens with one attached hydrogen (secondary N) is 2. The van der Waals surface area contributed by atoms with Crippen molar-refractivity contribution in [3.05, 3.63) is 24.3 Å². The van der Waals surface area contributed by atoms with Gasteiger partial charge in [-0.3, -0.25) is 0 Å². The fraction of sp³-hybridized carbons (Fsp3) is 0.500. The summed E-state index contributed by atoms with van der Waals surface area (Å²) >= 11 is 4.31. The van der Waals surface area contributed by atoms with E-state index in [1.54, 1.807) is 0 Å². The predicted molar refractivity (Wildman–Crippen MR) is 77.3 cm³/mol. The third-order valence-corrected chi connectivity index (χ3v) is 3.73. The normalized spacial score (nSPS) is 16.9. The van der Waals surface area contributed by atoms with Gasteiger partial charge in [-0.15, -0.1) is 12.6 Å². The van der Waals surface area contributed by atoms with Crippen LogP contribution >= 0.6 is 12.6 Å². The number of benzene rings is 1. The molecule has 1 aromatic rings. The van der Waals surface area contributed by atoms with E-state index in [1.807, 2.05) is 24.3 Å². The highest BCUT2D eigenvalue weighted by molar-refractivity contribution is 7.80. The van der Waals surface area contributed by atoms with E-state index in [4.69, 9.17) is 0 Å². The molecule has 18 heavy (non-hydrogen) atoms. The second kappa shape index (κ2) is 6.69. The summed E-state index contributed by atoms with van der Waals surface area (Å²) in [5.41, 5.74) is 0.756. The number of carbonyl (C=O) groups is 1. The molecule has 0 aliphatic heterocycles. The molecule has 0 aromatic heterocycles. The Morgan fingerprint density at radius 3 is 2.44 bits per heavy atom. The van der Waals surface area contributed by atoms with Gasteiger partial charge in [-0.1, -0.05) is 37.8 Å². The lowest BCUT2D eigenvalue weighted by molar-refractivity contribution is 0.247. The molecule has 1 aliphatic carbocycles. The molecule has 98 valence electrons. The highest BCUT2D eigenvalue weighted by atomic mass is 32.1. The molecule has 2 amide bonds. The van der Waals surface area contributed by atoms with Gasteiger partial charge in [0.1, 0.15) is 0 Å². The van der Waals surface area contributed by atoms with Gasteiger partial charge >= 0.3 is 6.03 Å². The van der Waals surface area contributed by atoms with Crippen LogP contribution < -0.4 is 10.6 Å². The molecule has 0 heterocycles. The standard InChI is InChI=1S/C14H20N2OS/c17-14(15-11-7-3-1-2-4-8-11)16-12-9-5-6-10-13(12)18/h5-6,9-11,18H,1-4,7-8H2,(H2,15,16,17). The Morgan fingerprint density at radius 1 is 1.11 bits per heavy atom. The van der Waals surface area contributed by atoms with Gasteiger partial charge in [-0.2, -0.15) is 0 Å². The number of urea groups is 1. The molecular formula is C14H20N2OS. The topological polar surface area (TPSA) is 41.1 Å². The van der Waals surface area contributed by atoms with Crippen LogP contribution in [0.25, 0.3) is 0 Å². The van der Waals surface area contributed by atoms with Gasteiger partial charge in [-0.05, 0) is 25.0 Å². The van der Waals surface area contributed by atoms with Crippen LogP contribution in [0.4, 0.5) is 10.5 Å². The van der Waals surface area contributed by atoms with Gasteiger partial charge in [0.15, 0.2) is 0 Å². The average molecular weight is 264 g/mol. The van der Waals surface area contributed by atoms with Crippen LogP contribution in [0.15, 0.2) is 29.2 Å². The van der Waals surface area contributed by atoms with Crippen LogP contribution in [0.1, 0.15) is 38.5 Å². The number of hydrogen-bond acceptors (Lipinski definition) is 2. The van der Waals surface area contributed by atoms with Crippen molar-refractivity contribution < 1.29 is 4.79 Å². The number of anilines is 1. The van der Waals surface area contributed by atoms with E-state index in [-0.39, 0.29) is 6.03 Å². The van der Waals surface area contributed by atoms with Crippen molar-refractivity contribution in [3.63, 3.8) is 0 Å².